The summed E-state index contributed by atoms with van der Waals surface area (Å²) in [4.78, 5) is 17.6. The number of aromatic nitrogens is 1. The van der Waals surface area contributed by atoms with Gasteiger partial charge in [0.15, 0.2) is 4.80 Å². The van der Waals surface area contributed by atoms with Crippen molar-refractivity contribution in [2.24, 2.45) is 4.99 Å². The van der Waals surface area contributed by atoms with Crippen molar-refractivity contribution in [3.63, 3.8) is 0 Å². The van der Waals surface area contributed by atoms with Crippen molar-refractivity contribution in [1.29, 1.82) is 0 Å². The number of carbonyl (C=O) groups is 1. The molecule has 1 saturated heterocycles. The molecule has 0 spiro atoms. The van der Waals surface area contributed by atoms with Crippen molar-refractivity contribution in [2.75, 3.05) is 12.8 Å². The molecular weight excluding hydrogens is 370 g/mol. The number of carbonyl (C=O) groups excluding carboxylic acids is 1. The van der Waals surface area contributed by atoms with Gasteiger partial charge in [0, 0.05) is 13.1 Å². The molecule has 3 rings (SSSR count). The zero-order valence-electron chi connectivity index (χ0n) is 15.2. The Morgan fingerprint density at radius 3 is 2.73 bits per heavy atom. The fourth-order valence-electron chi connectivity index (χ4n) is 3.27. The lowest BCUT2D eigenvalue weighted by Gasteiger charge is -2.18. The first kappa shape index (κ1) is 19.0. The number of sulfonamides is 1. The van der Waals surface area contributed by atoms with Gasteiger partial charge in [-0.1, -0.05) is 17.4 Å². The lowest BCUT2D eigenvalue weighted by Crippen LogP contribution is -2.39. The van der Waals surface area contributed by atoms with Crippen molar-refractivity contribution >= 4 is 37.5 Å². The van der Waals surface area contributed by atoms with E-state index in [0.717, 1.165) is 16.5 Å². The Hall–Kier alpha value is -1.77. The molecule has 0 bridgehead atoms. The van der Waals surface area contributed by atoms with Crippen molar-refractivity contribution in [3.05, 3.63) is 40.7 Å². The standard InChI is InChI=1S/C18H23N3O3S2/c1-5-8-20-15-10-12(2)13(3)11-16(15)25-18(20)19-17(22)14-7-6-9-21(14)26(4,23)24/h5,10-11,14H,1,6-9H2,2-4H3. The van der Waals surface area contributed by atoms with Crippen LogP contribution in [-0.2, 0) is 21.4 Å². The van der Waals surface area contributed by atoms with Gasteiger partial charge < -0.3 is 4.57 Å². The molecule has 1 fully saturated rings. The first-order valence-corrected chi connectivity index (χ1v) is 11.2. The summed E-state index contributed by atoms with van der Waals surface area (Å²) in [5.74, 6) is -0.397. The van der Waals surface area contributed by atoms with Gasteiger partial charge in [0.1, 0.15) is 6.04 Å². The molecule has 1 unspecified atom stereocenters. The lowest BCUT2D eigenvalue weighted by atomic mass is 10.1. The van der Waals surface area contributed by atoms with E-state index in [1.807, 2.05) is 4.57 Å². The van der Waals surface area contributed by atoms with Crippen LogP contribution >= 0.6 is 11.3 Å². The molecule has 1 aliphatic rings. The van der Waals surface area contributed by atoms with Crippen LogP contribution in [0.15, 0.2) is 29.8 Å². The molecule has 1 aromatic heterocycles. The van der Waals surface area contributed by atoms with Crippen LogP contribution in [0.3, 0.4) is 0 Å². The van der Waals surface area contributed by atoms with Crippen LogP contribution < -0.4 is 4.80 Å². The summed E-state index contributed by atoms with van der Waals surface area (Å²) in [6.45, 7) is 8.81. The van der Waals surface area contributed by atoms with E-state index < -0.39 is 22.0 Å². The van der Waals surface area contributed by atoms with Crippen molar-refractivity contribution in [2.45, 2.75) is 39.3 Å². The monoisotopic (exact) mass is 393 g/mol. The summed E-state index contributed by atoms with van der Waals surface area (Å²) in [6, 6.07) is 3.49. The molecule has 0 aliphatic carbocycles. The van der Waals surface area contributed by atoms with E-state index in [-0.39, 0.29) is 0 Å². The Kier molecular flexibility index (Phi) is 5.18. The number of amides is 1. The molecule has 2 heterocycles. The van der Waals surface area contributed by atoms with E-state index in [0.29, 0.717) is 30.7 Å². The molecule has 1 aromatic carbocycles. The van der Waals surface area contributed by atoms with Gasteiger partial charge in [-0.25, -0.2) is 8.42 Å². The van der Waals surface area contributed by atoms with Gasteiger partial charge in [-0.05, 0) is 49.9 Å². The minimum Gasteiger partial charge on any atom is -0.312 e. The number of hydrogen-bond donors (Lipinski definition) is 0. The number of allylic oxidation sites excluding steroid dienone is 1. The SMILES string of the molecule is C=CCn1c(=NC(=O)C2CCCN2S(C)(=O)=O)sc2cc(C)c(C)cc21. The van der Waals surface area contributed by atoms with Gasteiger partial charge in [-0.15, -0.1) is 6.58 Å². The van der Waals surface area contributed by atoms with Gasteiger partial charge in [-0.3, -0.25) is 4.79 Å². The van der Waals surface area contributed by atoms with E-state index in [4.69, 9.17) is 0 Å². The van der Waals surface area contributed by atoms with Gasteiger partial charge in [-0.2, -0.15) is 9.30 Å². The second-order valence-electron chi connectivity index (χ2n) is 6.67. The summed E-state index contributed by atoms with van der Waals surface area (Å²) in [5, 5.41) is 0. The minimum atomic E-state index is -3.41. The summed E-state index contributed by atoms with van der Waals surface area (Å²) >= 11 is 1.44. The van der Waals surface area contributed by atoms with E-state index in [9.17, 15) is 13.2 Å². The topological polar surface area (TPSA) is 71.7 Å². The molecule has 1 atom stereocenters. The van der Waals surface area contributed by atoms with Crippen molar-refractivity contribution < 1.29 is 13.2 Å². The van der Waals surface area contributed by atoms with Crippen LogP contribution in [0.2, 0.25) is 0 Å². The number of fused-ring (bicyclic) bond motifs is 1. The van der Waals surface area contributed by atoms with Crippen LogP contribution in [0.25, 0.3) is 10.2 Å². The zero-order valence-corrected chi connectivity index (χ0v) is 16.9. The quantitative estimate of drug-likeness (QED) is 0.749. The maximum atomic E-state index is 12.7. The Labute approximate surface area is 157 Å². The number of hydrogen-bond acceptors (Lipinski definition) is 4. The Morgan fingerprint density at radius 2 is 2.08 bits per heavy atom. The summed E-state index contributed by atoms with van der Waals surface area (Å²) in [5.41, 5.74) is 3.36. The van der Waals surface area contributed by atoms with Crippen molar-refractivity contribution in [3.8, 4) is 0 Å². The van der Waals surface area contributed by atoms with Crippen molar-refractivity contribution in [1.82, 2.24) is 8.87 Å². The van der Waals surface area contributed by atoms with Crippen LogP contribution in [-0.4, -0.2) is 42.0 Å². The van der Waals surface area contributed by atoms with Gasteiger partial charge >= 0.3 is 0 Å². The number of benzene rings is 1. The highest BCUT2D eigenvalue weighted by Crippen LogP contribution is 2.23. The number of nitrogens with zero attached hydrogens (tertiary/aromatic N) is 3. The van der Waals surface area contributed by atoms with Gasteiger partial charge in [0.25, 0.3) is 5.91 Å². The Balaban J connectivity index is 2.10. The Morgan fingerprint density at radius 1 is 1.38 bits per heavy atom. The fourth-order valence-corrected chi connectivity index (χ4v) is 5.51. The molecule has 0 N–H and O–H groups in total. The predicted molar refractivity (Wildman–Crippen MR) is 105 cm³/mol. The molecule has 8 heteroatoms. The Bertz CT molecular complexity index is 1050. The highest BCUT2D eigenvalue weighted by Gasteiger charge is 2.36. The van der Waals surface area contributed by atoms with Crippen LogP contribution in [0.4, 0.5) is 0 Å². The lowest BCUT2D eigenvalue weighted by molar-refractivity contribution is -0.121. The highest BCUT2D eigenvalue weighted by atomic mass is 32.2. The average Bonchev–Trinajstić information content (AvgIpc) is 3.15. The van der Waals surface area contributed by atoms with Gasteiger partial charge in [0.05, 0.1) is 16.5 Å². The third kappa shape index (κ3) is 3.54. The zero-order chi connectivity index (χ0) is 19.1. The second kappa shape index (κ2) is 7.09. The third-order valence-corrected chi connectivity index (χ3v) is 7.06. The summed E-state index contributed by atoms with van der Waals surface area (Å²) in [6.07, 6.45) is 4.10. The molecular formula is C18H23N3O3S2. The minimum absolute atomic E-state index is 0.377. The summed E-state index contributed by atoms with van der Waals surface area (Å²) < 4.78 is 28.1. The summed E-state index contributed by atoms with van der Waals surface area (Å²) in [7, 11) is -3.41. The molecule has 140 valence electrons. The molecule has 0 radical (unpaired) electrons. The largest absolute Gasteiger partial charge is 0.312 e. The maximum absolute atomic E-state index is 12.7. The molecule has 0 saturated carbocycles. The first-order valence-electron chi connectivity index (χ1n) is 8.49. The smallest absolute Gasteiger partial charge is 0.266 e. The van der Waals surface area contributed by atoms with E-state index in [2.05, 4.69) is 37.6 Å². The van der Waals surface area contributed by atoms with Crippen LogP contribution in [0.5, 0.6) is 0 Å². The van der Waals surface area contributed by atoms with E-state index >= 15 is 0 Å². The normalized spacial score (nSPS) is 19.3. The number of thiazole rings is 1. The van der Waals surface area contributed by atoms with E-state index in [1.165, 1.54) is 26.8 Å². The fraction of sp³-hybridized carbons (Fsp3) is 0.444. The van der Waals surface area contributed by atoms with Crippen LogP contribution in [0, 0.1) is 13.8 Å². The molecule has 1 aliphatic heterocycles. The van der Waals surface area contributed by atoms with Crippen LogP contribution in [0.1, 0.15) is 24.0 Å². The number of rotatable bonds is 4. The first-order chi connectivity index (χ1) is 12.2. The second-order valence-corrected chi connectivity index (χ2v) is 9.61. The molecule has 2 aromatic rings. The molecule has 26 heavy (non-hydrogen) atoms. The predicted octanol–water partition coefficient (Wildman–Crippen LogP) is 2.36. The van der Waals surface area contributed by atoms with Gasteiger partial charge in [0.2, 0.25) is 10.0 Å². The number of aryl methyl sites for hydroxylation is 2. The maximum Gasteiger partial charge on any atom is 0.266 e. The van der Waals surface area contributed by atoms with E-state index in [1.54, 1.807) is 6.08 Å². The molecule has 1 amide bonds. The molecule has 6 nitrogen and oxygen atoms in total. The third-order valence-electron chi connectivity index (χ3n) is 4.73. The average molecular weight is 394 g/mol. The highest BCUT2D eigenvalue weighted by molar-refractivity contribution is 7.88.